The molecule has 0 fully saturated rings. The molecular formula is C28H28N6. The van der Waals surface area contributed by atoms with Crippen LogP contribution < -0.4 is 10.6 Å². The van der Waals surface area contributed by atoms with Crippen LogP contribution in [-0.4, -0.2) is 27.3 Å². The van der Waals surface area contributed by atoms with Gasteiger partial charge >= 0.3 is 0 Å². The Morgan fingerprint density at radius 1 is 1.03 bits per heavy atom. The first kappa shape index (κ1) is 20.0. The Kier molecular flexibility index (Phi) is 4.46. The van der Waals surface area contributed by atoms with E-state index in [1.807, 2.05) is 18.5 Å². The average molecular weight is 449 g/mol. The van der Waals surface area contributed by atoms with Gasteiger partial charge in [0, 0.05) is 18.8 Å². The van der Waals surface area contributed by atoms with Crippen molar-refractivity contribution >= 4 is 17.1 Å². The summed E-state index contributed by atoms with van der Waals surface area (Å²) in [5.74, 6) is 0.939. The van der Waals surface area contributed by atoms with Crippen LogP contribution in [0.25, 0.3) is 5.57 Å². The lowest BCUT2D eigenvalue weighted by molar-refractivity contribution is 0.224. The van der Waals surface area contributed by atoms with Gasteiger partial charge in [-0.05, 0) is 72.8 Å². The summed E-state index contributed by atoms with van der Waals surface area (Å²) in [5, 5.41) is 0. The van der Waals surface area contributed by atoms with E-state index in [1.165, 1.54) is 16.7 Å². The van der Waals surface area contributed by atoms with Gasteiger partial charge in [0.2, 0.25) is 0 Å². The van der Waals surface area contributed by atoms with E-state index in [1.54, 1.807) is 0 Å². The lowest BCUT2D eigenvalue weighted by Gasteiger charge is -2.36. The SMILES string of the molecule is N[C@@H]1c2ccccc2C[C@]12CC=C(c1cnc3c(n1)CN=C3N1CCCc3ncccc31)CC2. The normalized spacial score (nSPS) is 25.0. The monoisotopic (exact) mass is 448 g/mol. The number of nitrogens with zero attached hydrogens (tertiary/aromatic N) is 5. The molecule has 1 aromatic carbocycles. The van der Waals surface area contributed by atoms with Gasteiger partial charge in [0.1, 0.15) is 5.69 Å². The molecule has 4 heterocycles. The second-order valence-electron chi connectivity index (χ2n) is 10.1. The predicted octanol–water partition coefficient (Wildman–Crippen LogP) is 4.39. The first-order chi connectivity index (χ1) is 16.7. The Labute approximate surface area is 199 Å². The van der Waals surface area contributed by atoms with E-state index in [-0.39, 0.29) is 11.5 Å². The third kappa shape index (κ3) is 2.98. The lowest BCUT2D eigenvalue weighted by atomic mass is 9.70. The standard InChI is InChI=1S/C28H28N6/c29-26-20-6-2-1-5-19(20)15-28(26)11-9-18(10-12-28)22-16-31-25-23(33-22)17-32-27(25)34-14-4-7-21-24(34)8-3-13-30-21/h1-3,5-6,8-9,13,16,26H,4,7,10-12,14-15,17,29H2/t26-,28-/m1/s1. The van der Waals surface area contributed by atoms with Crippen LogP contribution in [0.1, 0.15) is 65.6 Å². The van der Waals surface area contributed by atoms with Gasteiger partial charge in [0.25, 0.3) is 0 Å². The summed E-state index contributed by atoms with van der Waals surface area (Å²) >= 11 is 0. The van der Waals surface area contributed by atoms with Crippen LogP contribution in [-0.2, 0) is 19.4 Å². The first-order valence-electron chi connectivity index (χ1n) is 12.4. The van der Waals surface area contributed by atoms with E-state index in [4.69, 9.17) is 20.7 Å². The topological polar surface area (TPSA) is 80.3 Å². The van der Waals surface area contributed by atoms with Gasteiger partial charge < -0.3 is 10.6 Å². The molecule has 2 aliphatic heterocycles. The lowest BCUT2D eigenvalue weighted by Crippen LogP contribution is -2.36. The van der Waals surface area contributed by atoms with Crippen LogP contribution in [0.15, 0.2) is 59.9 Å². The van der Waals surface area contributed by atoms with E-state index in [0.717, 1.165) is 79.4 Å². The van der Waals surface area contributed by atoms with Crippen molar-refractivity contribution in [3.05, 3.63) is 88.8 Å². The number of amidine groups is 1. The molecule has 6 nitrogen and oxygen atoms in total. The maximum absolute atomic E-state index is 6.75. The minimum Gasteiger partial charge on any atom is -0.323 e. The highest BCUT2D eigenvalue weighted by Gasteiger charge is 2.44. The van der Waals surface area contributed by atoms with Gasteiger partial charge in [-0.3, -0.25) is 9.98 Å². The molecule has 3 aromatic rings. The van der Waals surface area contributed by atoms with Crippen molar-refractivity contribution in [1.82, 2.24) is 15.0 Å². The van der Waals surface area contributed by atoms with Crippen molar-refractivity contribution in [2.75, 3.05) is 11.4 Å². The van der Waals surface area contributed by atoms with Gasteiger partial charge in [-0.15, -0.1) is 0 Å². The molecule has 2 aromatic heterocycles. The molecule has 6 heteroatoms. The molecule has 4 aliphatic rings. The molecule has 0 saturated carbocycles. The quantitative estimate of drug-likeness (QED) is 0.597. The number of aromatic nitrogens is 3. The summed E-state index contributed by atoms with van der Waals surface area (Å²) in [5.41, 5.74) is 16.1. The van der Waals surface area contributed by atoms with Crippen LogP contribution in [0.3, 0.4) is 0 Å². The number of pyridine rings is 1. The van der Waals surface area contributed by atoms with E-state index in [9.17, 15) is 0 Å². The van der Waals surface area contributed by atoms with Crippen molar-refractivity contribution in [3.63, 3.8) is 0 Å². The summed E-state index contributed by atoms with van der Waals surface area (Å²) in [6.45, 7) is 1.53. The third-order valence-electron chi connectivity index (χ3n) is 8.21. The Morgan fingerprint density at radius 3 is 2.85 bits per heavy atom. The Morgan fingerprint density at radius 2 is 1.97 bits per heavy atom. The van der Waals surface area contributed by atoms with E-state index in [2.05, 4.69) is 46.3 Å². The summed E-state index contributed by atoms with van der Waals surface area (Å²) in [6.07, 6.45) is 12.4. The maximum atomic E-state index is 6.75. The molecular weight excluding hydrogens is 420 g/mol. The van der Waals surface area contributed by atoms with E-state index >= 15 is 0 Å². The number of hydrogen-bond donors (Lipinski definition) is 1. The number of benzene rings is 1. The van der Waals surface area contributed by atoms with Crippen molar-refractivity contribution in [1.29, 1.82) is 0 Å². The predicted molar refractivity (Wildman–Crippen MR) is 134 cm³/mol. The van der Waals surface area contributed by atoms with Gasteiger partial charge in [-0.1, -0.05) is 30.3 Å². The minimum absolute atomic E-state index is 0.116. The van der Waals surface area contributed by atoms with Crippen molar-refractivity contribution in [3.8, 4) is 0 Å². The number of fused-ring (bicyclic) bond motifs is 3. The molecule has 0 saturated heterocycles. The van der Waals surface area contributed by atoms with E-state index < -0.39 is 0 Å². The Hall–Kier alpha value is -3.38. The summed E-state index contributed by atoms with van der Waals surface area (Å²) in [6, 6.07) is 12.9. The molecule has 2 N–H and O–H groups in total. The number of allylic oxidation sites excluding steroid dienone is 2. The molecule has 0 unspecified atom stereocenters. The fraction of sp³-hybridized carbons (Fsp3) is 0.357. The molecule has 7 rings (SSSR count). The highest BCUT2D eigenvalue weighted by Crippen LogP contribution is 2.53. The zero-order valence-electron chi connectivity index (χ0n) is 19.2. The second kappa shape index (κ2) is 7.57. The molecule has 170 valence electrons. The van der Waals surface area contributed by atoms with Crippen LogP contribution in [0, 0.1) is 5.41 Å². The van der Waals surface area contributed by atoms with Crippen LogP contribution in [0.2, 0.25) is 0 Å². The number of aliphatic imine (C=N–C) groups is 1. The van der Waals surface area contributed by atoms with Gasteiger partial charge in [0.05, 0.1) is 35.5 Å². The highest BCUT2D eigenvalue weighted by atomic mass is 15.2. The van der Waals surface area contributed by atoms with Crippen molar-refractivity contribution in [2.24, 2.45) is 16.1 Å². The minimum atomic E-state index is 0.116. The maximum Gasteiger partial charge on any atom is 0.156 e. The van der Waals surface area contributed by atoms with Gasteiger partial charge in [-0.25, -0.2) is 9.97 Å². The fourth-order valence-electron chi connectivity index (χ4n) is 6.34. The molecule has 34 heavy (non-hydrogen) atoms. The number of aryl methyl sites for hydroxylation is 1. The zero-order chi connectivity index (χ0) is 22.7. The summed E-state index contributed by atoms with van der Waals surface area (Å²) in [4.78, 5) is 21.6. The number of anilines is 1. The molecule has 2 atom stereocenters. The Bertz CT molecular complexity index is 1360. The molecule has 1 spiro atoms. The number of nitrogens with two attached hydrogens (primary N) is 1. The van der Waals surface area contributed by atoms with Crippen molar-refractivity contribution < 1.29 is 0 Å². The van der Waals surface area contributed by atoms with Crippen LogP contribution in [0.5, 0.6) is 0 Å². The first-order valence-corrected chi connectivity index (χ1v) is 12.4. The largest absolute Gasteiger partial charge is 0.323 e. The zero-order valence-corrected chi connectivity index (χ0v) is 19.2. The Balaban J connectivity index is 1.14. The average Bonchev–Trinajstić information content (AvgIpc) is 3.43. The summed E-state index contributed by atoms with van der Waals surface area (Å²) < 4.78 is 0. The third-order valence-corrected chi connectivity index (χ3v) is 8.21. The van der Waals surface area contributed by atoms with Crippen LogP contribution in [0.4, 0.5) is 5.69 Å². The van der Waals surface area contributed by atoms with E-state index in [0.29, 0.717) is 6.54 Å². The van der Waals surface area contributed by atoms with Crippen LogP contribution >= 0.6 is 0 Å². The molecule has 0 bridgehead atoms. The van der Waals surface area contributed by atoms with Gasteiger partial charge in [0.15, 0.2) is 5.84 Å². The summed E-state index contributed by atoms with van der Waals surface area (Å²) in [7, 11) is 0. The smallest absolute Gasteiger partial charge is 0.156 e. The number of hydrogen-bond acceptors (Lipinski definition) is 6. The second-order valence-corrected chi connectivity index (χ2v) is 10.1. The van der Waals surface area contributed by atoms with Gasteiger partial charge in [-0.2, -0.15) is 0 Å². The fourth-order valence-corrected chi connectivity index (χ4v) is 6.34. The molecule has 0 radical (unpaired) electrons. The number of rotatable bonds is 1. The van der Waals surface area contributed by atoms with Crippen molar-refractivity contribution in [2.45, 2.75) is 51.1 Å². The highest BCUT2D eigenvalue weighted by molar-refractivity contribution is 6.11. The molecule has 0 amide bonds. The molecule has 2 aliphatic carbocycles.